The Kier molecular flexibility index (Phi) is 1.06. The normalized spacial score (nSPS) is 66.0. The Bertz CT molecular complexity index is 171. The Morgan fingerprint density at radius 3 is 1.64 bits per heavy atom. The molecule has 11 heavy (non-hydrogen) atoms. The summed E-state index contributed by atoms with van der Waals surface area (Å²) >= 11 is 0. The van der Waals surface area contributed by atoms with Crippen molar-refractivity contribution < 1.29 is 10.2 Å². The highest BCUT2D eigenvalue weighted by Crippen LogP contribution is 2.57. The zero-order valence-corrected chi connectivity index (χ0v) is 6.48. The minimum atomic E-state index is -0.172. The highest BCUT2D eigenvalue weighted by molar-refractivity contribution is 5.07. The van der Waals surface area contributed by atoms with E-state index in [4.69, 9.17) is 0 Å². The van der Waals surface area contributed by atoms with Crippen LogP contribution in [-0.2, 0) is 0 Å². The van der Waals surface area contributed by atoms with E-state index in [0.29, 0.717) is 17.8 Å². The largest absolute Gasteiger partial charge is 0.392 e. The fourth-order valence-electron chi connectivity index (χ4n) is 3.72. The van der Waals surface area contributed by atoms with Gasteiger partial charge in [0.05, 0.1) is 12.2 Å². The fourth-order valence-corrected chi connectivity index (χ4v) is 3.72. The molecule has 4 fully saturated rings. The molecule has 0 aliphatic heterocycles. The van der Waals surface area contributed by atoms with Gasteiger partial charge in [-0.2, -0.15) is 0 Å². The van der Waals surface area contributed by atoms with Crippen molar-refractivity contribution in [2.75, 3.05) is 0 Å². The minimum Gasteiger partial charge on any atom is -0.392 e. The Labute approximate surface area is 66.2 Å². The third kappa shape index (κ3) is 0.611. The second kappa shape index (κ2) is 1.80. The van der Waals surface area contributed by atoms with E-state index < -0.39 is 0 Å². The lowest BCUT2D eigenvalue weighted by molar-refractivity contribution is -0.0353. The SMILES string of the molecule is O[C@@H]1C2C3C[C@H]1C[C@@H](C3)[C@H]2O. The molecule has 4 aliphatic rings. The molecule has 2 N–H and O–H groups in total. The summed E-state index contributed by atoms with van der Waals surface area (Å²) in [5, 5.41) is 19.4. The lowest BCUT2D eigenvalue weighted by Gasteiger charge is -2.32. The van der Waals surface area contributed by atoms with Gasteiger partial charge < -0.3 is 10.2 Å². The molecule has 0 heterocycles. The average Bonchev–Trinajstić information content (AvgIpc) is 2.33. The van der Waals surface area contributed by atoms with Gasteiger partial charge in [0, 0.05) is 5.92 Å². The summed E-state index contributed by atoms with van der Waals surface area (Å²) in [5.41, 5.74) is 0. The molecule has 0 aromatic rings. The highest BCUT2D eigenvalue weighted by Gasteiger charge is 2.58. The number of rotatable bonds is 0. The van der Waals surface area contributed by atoms with E-state index in [-0.39, 0.29) is 18.1 Å². The summed E-state index contributed by atoms with van der Waals surface area (Å²) < 4.78 is 0. The van der Waals surface area contributed by atoms with Crippen LogP contribution in [0.2, 0.25) is 0 Å². The molecule has 0 radical (unpaired) electrons. The summed E-state index contributed by atoms with van der Waals surface area (Å²) in [6.45, 7) is 0. The maximum Gasteiger partial charge on any atom is 0.0624 e. The maximum atomic E-state index is 9.72. The molecule has 4 bridgehead atoms. The van der Waals surface area contributed by atoms with Crippen LogP contribution in [0, 0.1) is 23.7 Å². The summed E-state index contributed by atoms with van der Waals surface area (Å²) in [7, 11) is 0. The Morgan fingerprint density at radius 2 is 1.18 bits per heavy atom. The minimum absolute atomic E-state index is 0.172. The van der Waals surface area contributed by atoms with Gasteiger partial charge in [0.2, 0.25) is 0 Å². The Morgan fingerprint density at radius 1 is 0.727 bits per heavy atom. The molecule has 0 aromatic carbocycles. The smallest absolute Gasteiger partial charge is 0.0624 e. The number of aliphatic hydroxyl groups is 2. The standard InChI is InChI=1S/C9H14O2/c10-8-5-1-4-2-6(3-5)9(11)7(4)8/h4-11H,1-3H2/t4?,5-,6+,7?,8-,9+. The molecule has 4 aliphatic carbocycles. The van der Waals surface area contributed by atoms with Gasteiger partial charge in [0.1, 0.15) is 0 Å². The molecule has 0 amide bonds. The van der Waals surface area contributed by atoms with Crippen LogP contribution in [0.4, 0.5) is 0 Å². The van der Waals surface area contributed by atoms with E-state index in [2.05, 4.69) is 0 Å². The van der Waals surface area contributed by atoms with Gasteiger partial charge in [-0.25, -0.2) is 0 Å². The molecule has 0 saturated heterocycles. The first-order chi connectivity index (χ1) is 5.27. The summed E-state index contributed by atoms with van der Waals surface area (Å²) in [6, 6.07) is 0. The van der Waals surface area contributed by atoms with Gasteiger partial charge in [-0.15, -0.1) is 0 Å². The van der Waals surface area contributed by atoms with Gasteiger partial charge >= 0.3 is 0 Å². The van der Waals surface area contributed by atoms with E-state index in [1.54, 1.807) is 0 Å². The Balaban J connectivity index is 2.00. The molecular formula is C9H14O2. The molecule has 0 spiro atoms. The van der Waals surface area contributed by atoms with Crippen molar-refractivity contribution in [1.29, 1.82) is 0 Å². The number of hydrogen-bond donors (Lipinski definition) is 2. The van der Waals surface area contributed by atoms with Gasteiger partial charge in [0.25, 0.3) is 0 Å². The molecule has 2 heteroatoms. The van der Waals surface area contributed by atoms with Crippen LogP contribution in [0.3, 0.4) is 0 Å². The van der Waals surface area contributed by atoms with E-state index >= 15 is 0 Å². The second-order valence-corrected chi connectivity index (χ2v) is 4.55. The second-order valence-electron chi connectivity index (χ2n) is 4.55. The van der Waals surface area contributed by atoms with Crippen LogP contribution < -0.4 is 0 Å². The first-order valence-corrected chi connectivity index (χ1v) is 4.63. The van der Waals surface area contributed by atoms with Crippen LogP contribution in [0.15, 0.2) is 0 Å². The van der Waals surface area contributed by atoms with Crippen LogP contribution in [-0.4, -0.2) is 22.4 Å². The molecular weight excluding hydrogens is 140 g/mol. The highest BCUT2D eigenvalue weighted by atomic mass is 16.3. The lowest BCUT2D eigenvalue weighted by atomic mass is 9.79. The molecule has 6 atom stereocenters. The zero-order valence-electron chi connectivity index (χ0n) is 6.48. The molecule has 2 nitrogen and oxygen atoms in total. The van der Waals surface area contributed by atoms with E-state index in [9.17, 15) is 10.2 Å². The third-order valence-corrected chi connectivity index (χ3v) is 4.12. The topological polar surface area (TPSA) is 40.5 Å². The van der Waals surface area contributed by atoms with E-state index in [1.165, 1.54) is 12.8 Å². The fraction of sp³-hybridized carbons (Fsp3) is 1.00. The first-order valence-electron chi connectivity index (χ1n) is 4.63. The zero-order chi connectivity index (χ0) is 7.59. The van der Waals surface area contributed by atoms with Crippen LogP contribution in [0.25, 0.3) is 0 Å². The predicted octanol–water partition coefficient (Wildman–Crippen LogP) is 0.384. The molecule has 0 aromatic heterocycles. The summed E-state index contributed by atoms with van der Waals surface area (Å²) in [6.07, 6.45) is 3.09. The van der Waals surface area contributed by atoms with Crippen molar-refractivity contribution in [2.24, 2.45) is 23.7 Å². The summed E-state index contributed by atoms with van der Waals surface area (Å²) in [5.74, 6) is 1.97. The summed E-state index contributed by atoms with van der Waals surface area (Å²) in [4.78, 5) is 0. The molecule has 2 unspecified atom stereocenters. The van der Waals surface area contributed by atoms with E-state index in [0.717, 1.165) is 6.42 Å². The monoisotopic (exact) mass is 154 g/mol. The van der Waals surface area contributed by atoms with Crippen molar-refractivity contribution in [2.45, 2.75) is 31.5 Å². The van der Waals surface area contributed by atoms with Crippen LogP contribution in [0.1, 0.15) is 19.3 Å². The average molecular weight is 154 g/mol. The van der Waals surface area contributed by atoms with Gasteiger partial charge in [-0.3, -0.25) is 0 Å². The van der Waals surface area contributed by atoms with Crippen molar-refractivity contribution in [3.63, 3.8) is 0 Å². The van der Waals surface area contributed by atoms with Crippen molar-refractivity contribution >= 4 is 0 Å². The molecule has 4 rings (SSSR count). The van der Waals surface area contributed by atoms with Gasteiger partial charge in [-0.05, 0) is 37.0 Å². The number of aliphatic hydroxyl groups excluding tert-OH is 2. The predicted molar refractivity (Wildman–Crippen MR) is 39.8 cm³/mol. The van der Waals surface area contributed by atoms with Gasteiger partial charge in [0.15, 0.2) is 0 Å². The number of hydrogen-bond acceptors (Lipinski definition) is 2. The van der Waals surface area contributed by atoms with Crippen molar-refractivity contribution in [3.8, 4) is 0 Å². The van der Waals surface area contributed by atoms with Crippen molar-refractivity contribution in [1.82, 2.24) is 0 Å². The van der Waals surface area contributed by atoms with Gasteiger partial charge in [-0.1, -0.05) is 0 Å². The van der Waals surface area contributed by atoms with E-state index in [1.807, 2.05) is 0 Å². The molecule has 62 valence electrons. The quantitative estimate of drug-likeness (QED) is 0.529. The third-order valence-electron chi connectivity index (χ3n) is 4.12. The lowest BCUT2D eigenvalue weighted by Crippen LogP contribution is -2.38. The maximum absolute atomic E-state index is 9.72. The first kappa shape index (κ1) is 6.44. The molecule has 4 saturated carbocycles. The Hall–Kier alpha value is -0.0800. The van der Waals surface area contributed by atoms with Crippen LogP contribution >= 0.6 is 0 Å². The van der Waals surface area contributed by atoms with Crippen molar-refractivity contribution in [3.05, 3.63) is 0 Å². The van der Waals surface area contributed by atoms with Crippen LogP contribution in [0.5, 0.6) is 0 Å².